The number of allylic oxidation sites excluding steroid dienone is 2. The number of rotatable bonds is 11. The van der Waals surface area contributed by atoms with Crippen LogP contribution in [0, 0.1) is 0 Å². The second-order valence-corrected chi connectivity index (χ2v) is 7.54. The van der Waals surface area contributed by atoms with E-state index in [0.29, 0.717) is 0 Å². The van der Waals surface area contributed by atoms with Crippen LogP contribution in [0.5, 0.6) is 0 Å². The number of nitrogens with zero attached hydrogens (tertiary/aromatic N) is 2. The van der Waals surface area contributed by atoms with Gasteiger partial charge in [-0.3, -0.25) is 10.3 Å². The van der Waals surface area contributed by atoms with Crippen LogP contribution in [0.15, 0.2) is 65.1 Å². The molecule has 0 aromatic heterocycles. The first-order valence-electron chi connectivity index (χ1n) is 10.8. The van der Waals surface area contributed by atoms with Crippen molar-refractivity contribution in [2.24, 2.45) is 5.10 Å². The summed E-state index contributed by atoms with van der Waals surface area (Å²) in [6.45, 7) is 12.6. The molecule has 0 fully saturated rings. The summed E-state index contributed by atoms with van der Waals surface area (Å²) in [5, 5.41) is 4.51. The maximum atomic E-state index is 4.51. The lowest BCUT2D eigenvalue weighted by molar-refractivity contribution is 0.589. The van der Waals surface area contributed by atoms with Crippen molar-refractivity contribution in [2.75, 3.05) is 4.90 Å². The van der Waals surface area contributed by atoms with Crippen molar-refractivity contribution in [3.05, 3.63) is 65.5 Å². The van der Waals surface area contributed by atoms with Crippen molar-refractivity contribution in [3.63, 3.8) is 0 Å². The van der Waals surface area contributed by atoms with Gasteiger partial charge in [-0.2, -0.15) is 5.10 Å². The summed E-state index contributed by atoms with van der Waals surface area (Å²) < 4.78 is 0. The number of unbranched alkanes of at least 4 members (excludes halogenated alkanes) is 6. The fourth-order valence-corrected chi connectivity index (χ4v) is 3.59. The highest BCUT2D eigenvalue weighted by molar-refractivity contribution is 6.15. The normalized spacial score (nSPS) is 15.1. The molecule has 0 aliphatic carbocycles. The van der Waals surface area contributed by atoms with E-state index in [9.17, 15) is 0 Å². The molecule has 152 valence electrons. The lowest BCUT2D eigenvalue weighted by atomic mass is 10.0. The number of aryl methyl sites for hydroxylation is 1. The molecule has 0 unspecified atom stereocenters. The predicted molar refractivity (Wildman–Crippen MR) is 124 cm³/mol. The zero-order valence-corrected chi connectivity index (χ0v) is 18.2. The molecule has 0 saturated heterocycles. The van der Waals surface area contributed by atoms with Crippen LogP contribution in [0.4, 0.5) is 5.69 Å². The minimum absolute atomic E-state index is 0.790. The highest BCUT2D eigenvalue weighted by Gasteiger charge is 2.25. The zero-order chi connectivity index (χ0) is 20.4. The summed E-state index contributed by atoms with van der Waals surface area (Å²) in [5.74, 6) is 1.70. The van der Waals surface area contributed by atoms with Gasteiger partial charge in [0, 0.05) is 11.3 Å². The fourth-order valence-electron chi connectivity index (χ4n) is 3.59. The third kappa shape index (κ3) is 5.85. The van der Waals surface area contributed by atoms with Crippen LogP contribution in [0.1, 0.15) is 78.2 Å². The monoisotopic (exact) mass is 379 g/mol. The largest absolute Gasteiger partial charge is 0.278 e. The molecule has 3 heteroatoms. The molecule has 0 spiro atoms. The molecule has 1 heterocycles. The fraction of sp³-hybridized carbons (Fsp3) is 0.480. The van der Waals surface area contributed by atoms with Gasteiger partial charge in [0.1, 0.15) is 5.82 Å². The summed E-state index contributed by atoms with van der Waals surface area (Å²) in [4.78, 5) is 2.10. The number of benzene rings is 1. The number of anilines is 1. The van der Waals surface area contributed by atoms with Crippen LogP contribution in [0.3, 0.4) is 0 Å². The number of amidine groups is 1. The number of nitrogens with one attached hydrogen (secondary N) is 1. The minimum Gasteiger partial charge on any atom is -0.278 e. The molecule has 1 N–H and O–H groups in total. The Balaban J connectivity index is 1.96. The minimum atomic E-state index is 0.790. The third-order valence-corrected chi connectivity index (χ3v) is 5.42. The van der Waals surface area contributed by atoms with Crippen LogP contribution in [-0.4, -0.2) is 5.84 Å². The molecule has 0 atom stereocenters. The van der Waals surface area contributed by atoms with Gasteiger partial charge in [0.15, 0.2) is 5.84 Å². The smallest absolute Gasteiger partial charge is 0.166 e. The van der Waals surface area contributed by atoms with Crippen molar-refractivity contribution in [3.8, 4) is 0 Å². The van der Waals surface area contributed by atoms with Crippen molar-refractivity contribution < 1.29 is 0 Å². The molecule has 1 aromatic carbocycles. The van der Waals surface area contributed by atoms with E-state index in [1.165, 1.54) is 56.1 Å². The Kier molecular flexibility index (Phi) is 9.06. The van der Waals surface area contributed by atoms with E-state index < -0.39 is 0 Å². The lowest BCUT2D eigenvalue weighted by Gasteiger charge is -2.22. The zero-order valence-electron chi connectivity index (χ0n) is 18.2. The average Bonchev–Trinajstić information content (AvgIpc) is 3.09. The Morgan fingerprint density at radius 3 is 2.25 bits per heavy atom. The van der Waals surface area contributed by atoms with E-state index in [-0.39, 0.29) is 0 Å². The average molecular weight is 380 g/mol. The van der Waals surface area contributed by atoms with Gasteiger partial charge < -0.3 is 0 Å². The van der Waals surface area contributed by atoms with Crippen LogP contribution in [0.25, 0.3) is 0 Å². The van der Waals surface area contributed by atoms with Crippen LogP contribution < -0.4 is 10.3 Å². The van der Waals surface area contributed by atoms with Gasteiger partial charge in [-0.15, -0.1) is 0 Å². The molecule has 1 aliphatic rings. The Hall–Kier alpha value is -2.29. The predicted octanol–water partition coefficient (Wildman–Crippen LogP) is 7.09. The molecule has 0 bridgehead atoms. The van der Waals surface area contributed by atoms with Gasteiger partial charge >= 0.3 is 0 Å². The van der Waals surface area contributed by atoms with Crippen LogP contribution in [0.2, 0.25) is 0 Å². The van der Waals surface area contributed by atoms with Crippen LogP contribution >= 0.6 is 0 Å². The van der Waals surface area contributed by atoms with Gasteiger partial charge in [0.25, 0.3) is 0 Å². The van der Waals surface area contributed by atoms with E-state index in [4.69, 9.17) is 0 Å². The van der Waals surface area contributed by atoms with Crippen LogP contribution in [-0.2, 0) is 6.42 Å². The molecular formula is C25H37N3. The summed E-state index contributed by atoms with van der Waals surface area (Å²) in [7, 11) is 0. The maximum absolute atomic E-state index is 4.51. The Labute approximate surface area is 171 Å². The molecule has 1 aromatic rings. The van der Waals surface area contributed by atoms with Gasteiger partial charge in [-0.25, -0.2) is 0 Å². The number of hydrogen-bond donors (Lipinski definition) is 1. The van der Waals surface area contributed by atoms with Crippen molar-refractivity contribution in [2.45, 2.75) is 79.1 Å². The second-order valence-electron chi connectivity index (χ2n) is 7.54. The molecule has 3 nitrogen and oxygen atoms in total. The quantitative estimate of drug-likeness (QED) is 0.328. The molecular weight excluding hydrogens is 342 g/mol. The lowest BCUT2D eigenvalue weighted by Crippen LogP contribution is -2.28. The van der Waals surface area contributed by atoms with Crippen molar-refractivity contribution >= 4 is 11.5 Å². The van der Waals surface area contributed by atoms with Gasteiger partial charge in [0.2, 0.25) is 0 Å². The molecule has 0 saturated carbocycles. The molecule has 0 amide bonds. The Morgan fingerprint density at radius 2 is 1.64 bits per heavy atom. The van der Waals surface area contributed by atoms with E-state index in [0.717, 1.165) is 29.3 Å². The van der Waals surface area contributed by atoms with E-state index in [1.54, 1.807) is 0 Å². The second kappa shape index (κ2) is 11.5. The standard InChI is InChI=1S/C25H37N3/c1-6-9-10-11-12-13-14-15-22-16-18-23(19-17-22)28-21(5)26-27-25(28)24(8-3)20(4)7-2/h7-8,16-19,26H,5-6,9-15H2,1-4H3/b20-7-,24-8+. The Bertz CT molecular complexity index is 723. The number of hydrogen-bond acceptors (Lipinski definition) is 3. The molecule has 0 radical (unpaired) electrons. The van der Waals surface area contributed by atoms with Gasteiger partial charge in [-0.05, 0) is 56.9 Å². The first-order chi connectivity index (χ1) is 13.6. The first-order valence-corrected chi connectivity index (χ1v) is 10.8. The molecule has 2 rings (SSSR count). The SMILES string of the molecule is C=C1NN=C(C(=C/C)/C(C)=C\C)N1c1ccc(CCCCCCCCC)cc1. The van der Waals surface area contributed by atoms with E-state index >= 15 is 0 Å². The first kappa shape index (κ1) is 22.0. The topological polar surface area (TPSA) is 27.6 Å². The summed E-state index contributed by atoms with van der Waals surface area (Å²) in [6, 6.07) is 8.85. The van der Waals surface area contributed by atoms with E-state index in [2.05, 4.69) is 86.1 Å². The maximum Gasteiger partial charge on any atom is 0.166 e. The van der Waals surface area contributed by atoms with Crippen molar-refractivity contribution in [1.82, 2.24) is 5.43 Å². The van der Waals surface area contributed by atoms with E-state index in [1.807, 2.05) is 0 Å². The van der Waals surface area contributed by atoms with Gasteiger partial charge in [-0.1, -0.05) is 76.3 Å². The van der Waals surface area contributed by atoms with Crippen molar-refractivity contribution in [1.29, 1.82) is 0 Å². The summed E-state index contributed by atoms with van der Waals surface area (Å²) in [6.07, 6.45) is 14.8. The highest BCUT2D eigenvalue weighted by atomic mass is 15.5. The third-order valence-electron chi connectivity index (χ3n) is 5.42. The summed E-state index contributed by atoms with van der Waals surface area (Å²) >= 11 is 0. The van der Waals surface area contributed by atoms with Gasteiger partial charge in [0.05, 0.1) is 0 Å². The highest BCUT2D eigenvalue weighted by Crippen LogP contribution is 2.27. The summed E-state index contributed by atoms with van der Waals surface area (Å²) in [5.41, 5.74) is 7.88. The Morgan fingerprint density at radius 1 is 1.00 bits per heavy atom. The molecule has 28 heavy (non-hydrogen) atoms. The number of hydrazone groups is 1. The molecule has 1 aliphatic heterocycles.